The minimum absolute atomic E-state index is 0.0691. The van der Waals surface area contributed by atoms with Crippen molar-refractivity contribution in [3.8, 4) is 0 Å². The topological polar surface area (TPSA) is 117 Å². The van der Waals surface area contributed by atoms with Gasteiger partial charge in [0.05, 0.1) is 17.4 Å². The second-order valence-electron chi connectivity index (χ2n) is 12.3. The van der Waals surface area contributed by atoms with E-state index in [9.17, 15) is 23.1 Å². The summed E-state index contributed by atoms with van der Waals surface area (Å²) in [5.41, 5.74) is 1.41. The Kier molecular flexibility index (Phi) is 11.4. The molecule has 3 aliphatic rings. The number of carbonyl (C=O) groups is 2. The maximum absolute atomic E-state index is 13.1. The molecule has 0 saturated carbocycles. The highest BCUT2D eigenvalue weighted by molar-refractivity contribution is 7.89. The van der Waals surface area contributed by atoms with Crippen LogP contribution in [0.2, 0.25) is 0 Å². The lowest BCUT2D eigenvalue weighted by molar-refractivity contribution is -0.151. The van der Waals surface area contributed by atoms with Crippen molar-refractivity contribution in [1.82, 2.24) is 14.1 Å². The second-order valence-corrected chi connectivity index (χ2v) is 14.2. The number of hydrogen-bond acceptors (Lipinski definition) is 8. The lowest BCUT2D eigenvalue weighted by Crippen LogP contribution is -2.48. The summed E-state index contributed by atoms with van der Waals surface area (Å²) in [5, 5.41) is 10.6. The van der Waals surface area contributed by atoms with Crippen molar-refractivity contribution in [3.05, 3.63) is 47.6 Å². The zero-order valence-electron chi connectivity index (χ0n) is 25.9. The number of carbonyl (C=O) groups excluding carboxylic acids is 2. The third-order valence-corrected chi connectivity index (χ3v) is 10.6. The van der Waals surface area contributed by atoms with Gasteiger partial charge in [0.2, 0.25) is 10.0 Å². The molecule has 3 aliphatic heterocycles. The molecular weight excluding hydrogens is 570 g/mol. The van der Waals surface area contributed by atoms with E-state index in [4.69, 9.17) is 9.47 Å². The number of benzene rings is 1. The molecule has 43 heavy (non-hydrogen) atoms. The van der Waals surface area contributed by atoms with Gasteiger partial charge in [0.1, 0.15) is 12.2 Å². The monoisotopic (exact) mass is 617 g/mol. The maximum Gasteiger partial charge on any atom is 0.410 e. The zero-order valence-corrected chi connectivity index (χ0v) is 26.7. The van der Waals surface area contributed by atoms with Crippen LogP contribution in [0.3, 0.4) is 0 Å². The van der Waals surface area contributed by atoms with Gasteiger partial charge in [-0.15, -0.1) is 0 Å². The van der Waals surface area contributed by atoms with Gasteiger partial charge in [-0.3, -0.25) is 4.79 Å². The number of aliphatic hydroxyl groups excluding tert-OH is 1. The van der Waals surface area contributed by atoms with Gasteiger partial charge in [-0.25, -0.2) is 13.2 Å². The Balaban J connectivity index is 1.56. The van der Waals surface area contributed by atoms with Gasteiger partial charge in [-0.05, 0) is 74.9 Å². The number of esters is 1. The van der Waals surface area contributed by atoms with Crippen LogP contribution in [0, 0.1) is 11.8 Å². The van der Waals surface area contributed by atoms with Crippen molar-refractivity contribution in [2.45, 2.75) is 76.1 Å². The molecule has 1 amide bonds. The van der Waals surface area contributed by atoms with Gasteiger partial charge in [0, 0.05) is 45.2 Å². The highest BCUT2D eigenvalue weighted by atomic mass is 32.2. The van der Waals surface area contributed by atoms with Gasteiger partial charge in [0.15, 0.2) is 0 Å². The Morgan fingerprint density at radius 3 is 2.44 bits per heavy atom. The summed E-state index contributed by atoms with van der Waals surface area (Å²) >= 11 is 0. The third kappa shape index (κ3) is 8.90. The molecule has 0 spiro atoms. The quantitative estimate of drug-likeness (QED) is 0.391. The Labute approximate surface area is 256 Å². The number of cyclic esters (lactones) is 1. The fraction of sp³-hybridized carbons (Fsp3) is 0.625. The summed E-state index contributed by atoms with van der Waals surface area (Å²) in [6.07, 6.45) is 5.76. The summed E-state index contributed by atoms with van der Waals surface area (Å²) in [7, 11) is -1.55. The van der Waals surface area contributed by atoms with Crippen LogP contribution in [0.4, 0.5) is 4.79 Å². The van der Waals surface area contributed by atoms with Crippen molar-refractivity contribution >= 4 is 28.2 Å². The van der Waals surface area contributed by atoms with Gasteiger partial charge in [0.25, 0.3) is 0 Å². The highest BCUT2D eigenvalue weighted by Gasteiger charge is 2.30. The fourth-order valence-electron chi connectivity index (χ4n) is 5.82. The molecular formula is C32H47N3O7S. The maximum atomic E-state index is 13.1. The van der Waals surface area contributed by atoms with Crippen molar-refractivity contribution in [3.63, 3.8) is 0 Å². The van der Waals surface area contributed by atoms with E-state index < -0.39 is 34.3 Å². The highest BCUT2D eigenvalue weighted by Crippen LogP contribution is 2.27. The lowest BCUT2D eigenvalue weighted by Gasteiger charge is -2.33. The van der Waals surface area contributed by atoms with Crippen LogP contribution in [0.1, 0.15) is 58.4 Å². The van der Waals surface area contributed by atoms with E-state index in [0.717, 1.165) is 31.5 Å². The molecule has 11 heteroatoms. The number of nitrogens with zero attached hydrogens (tertiary/aromatic N) is 3. The molecule has 2 saturated heterocycles. The number of rotatable bonds is 5. The van der Waals surface area contributed by atoms with Crippen LogP contribution in [-0.2, 0) is 24.3 Å². The molecule has 2 fully saturated rings. The minimum atomic E-state index is -3.57. The van der Waals surface area contributed by atoms with Crippen LogP contribution in [-0.4, -0.2) is 104 Å². The molecule has 1 aromatic carbocycles. The van der Waals surface area contributed by atoms with E-state index in [1.54, 1.807) is 23.1 Å². The Morgan fingerprint density at radius 1 is 1.05 bits per heavy atom. The van der Waals surface area contributed by atoms with E-state index in [1.807, 2.05) is 52.1 Å². The molecule has 3 heterocycles. The van der Waals surface area contributed by atoms with E-state index in [-0.39, 0.29) is 29.2 Å². The molecule has 1 unspecified atom stereocenters. The first-order valence-electron chi connectivity index (χ1n) is 15.4. The van der Waals surface area contributed by atoms with Crippen LogP contribution in [0.5, 0.6) is 0 Å². The van der Waals surface area contributed by atoms with E-state index in [0.29, 0.717) is 44.6 Å². The molecule has 10 nitrogen and oxygen atoms in total. The van der Waals surface area contributed by atoms with E-state index in [1.165, 1.54) is 4.31 Å². The number of hydrogen-bond donors (Lipinski definition) is 1. The van der Waals surface area contributed by atoms with Gasteiger partial charge < -0.3 is 24.4 Å². The van der Waals surface area contributed by atoms with Crippen LogP contribution >= 0.6 is 0 Å². The first kappa shape index (κ1) is 33.2. The molecule has 238 valence electrons. The number of sulfonamides is 1. The summed E-state index contributed by atoms with van der Waals surface area (Å²) in [5.74, 6) is -0.854. The Bertz CT molecular complexity index is 1280. The predicted octanol–water partition coefficient (Wildman–Crippen LogP) is 3.91. The van der Waals surface area contributed by atoms with Crippen LogP contribution in [0.15, 0.2) is 46.9 Å². The normalized spacial score (nSPS) is 29.8. The number of ether oxygens (including phenoxy) is 2. The smallest absolute Gasteiger partial charge is 0.410 e. The number of piperazine rings is 1. The SMILES string of the molecule is C/C(=C\c1cccc(S(=O)(=O)N2CCCC2)c1)[C@H]1OC(=O)CC(O)CC[C@H](C)[C@@H](OC(=O)N2CCN(C)CC2)/C=C/[C@@H]1C. The Morgan fingerprint density at radius 2 is 1.74 bits per heavy atom. The fourth-order valence-corrected chi connectivity index (χ4v) is 7.39. The van der Waals surface area contributed by atoms with E-state index >= 15 is 0 Å². The molecule has 0 aliphatic carbocycles. The third-order valence-electron chi connectivity index (χ3n) is 8.66. The first-order valence-corrected chi connectivity index (χ1v) is 16.9. The molecule has 0 aromatic heterocycles. The predicted molar refractivity (Wildman–Crippen MR) is 165 cm³/mol. The summed E-state index contributed by atoms with van der Waals surface area (Å²) in [6.45, 7) is 9.61. The van der Waals surface area contributed by atoms with Crippen molar-refractivity contribution in [2.24, 2.45) is 11.8 Å². The zero-order chi connectivity index (χ0) is 31.1. The van der Waals surface area contributed by atoms with Crippen molar-refractivity contribution < 1.29 is 32.6 Å². The van der Waals surface area contributed by atoms with Gasteiger partial charge in [-0.2, -0.15) is 4.31 Å². The summed E-state index contributed by atoms with van der Waals surface area (Å²) in [4.78, 5) is 30.0. The number of aliphatic hydroxyl groups is 1. The van der Waals surface area contributed by atoms with E-state index in [2.05, 4.69) is 4.90 Å². The summed E-state index contributed by atoms with van der Waals surface area (Å²) in [6, 6.07) is 6.79. The largest absolute Gasteiger partial charge is 0.457 e. The summed E-state index contributed by atoms with van der Waals surface area (Å²) < 4.78 is 39.7. The average Bonchev–Trinajstić information content (AvgIpc) is 3.53. The van der Waals surface area contributed by atoms with Crippen molar-refractivity contribution in [1.29, 1.82) is 0 Å². The van der Waals surface area contributed by atoms with Gasteiger partial charge in [-0.1, -0.05) is 38.1 Å². The number of likely N-dealkylation sites (N-methyl/N-ethyl adjacent to an activating group) is 1. The molecule has 4 rings (SSSR count). The van der Waals surface area contributed by atoms with Gasteiger partial charge >= 0.3 is 12.1 Å². The minimum Gasteiger partial charge on any atom is -0.457 e. The molecule has 0 radical (unpaired) electrons. The molecule has 1 N–H and O–H groups in total. The molecule has 0 bridgehead atoms. The number of amides is 1. The first-order chi connectivity index (χ1) is 20.4. The Hall–Kier alpha value is -2.73. The second kappa shape index (κ2) is 14.8. The van der Waals surface area contributed by atoms with Crippen LogP contribution < -0.4 is 0 Å². The molecule has 1 aromatic rings. The molecule has 5 atom stereocenters. The average molecular weight is 618 g/mol. The van der Waals surface area contributed by atoms with Crippen molar-refractivity contribution in [2.75, 3.05) is 46.3 Å². The standard InChI is InChI=1S/C32H47N3O7S/c1-23-10-12-27(36)22-30(37)42-31(24(2)11-13-29(23)41-32(38)34-18-16-33(4)17-19-34)25(3)20-26-8-7-9-28(21-26)43(39,40)35-14-5-6-15-35/h7-9,11,13,20-21,23-24,27,29,31,36H,5-6,10,12,14-19,22H2,1-4H3/b13-11+,25-20+/t23-,24-,27?,29-,31-/m0/s1. The van der Waals surface area contributed by atoms with Crippen LogP contribution in [0.25, 0.3) is 6.08 Å². The lowest BCUT2D eigenvalue weighted by atomic mass is 9.91.